The molecule has 4 rings (SSSR count). The number of hydrogen-bond acceptors (Lipinski definition) is 2. The molecule has 0 fully saturated rings. The van der Waals surface area contributed by atoms with E-state index in [0.717, 1.165) is 32.8 Å². The van der Waals surface area contributed by atoms with E-state index in [1.165, 1.54) is 0 Å². The molecular formula is C19H20BN2O+. The van der Waals surface area contributed by atoms with Crippen LogP contribution in [-0.4, -0.2) is 18.7 Å². The second kappa shape index (κ2) is 5.02. The fourth-order valence-corrected chi connectivity index (χ4v) is 3.25. The van der Waals surface area contributed by atoms with Gasteiger partial charge in [-0.15, -0.1) is 0 Å². The molecule has 0 atom stereocenters. The van der Waals surface area contributed by atoms with Crippen molar-refractivity contribution in [2.24, 2.45) is 7.05 Å². The largest absolute Gasteiger partial charge is 0.457 e. The number of hydrogen-bond donors (Lipinski definition) is 0. The average molecular weight is 306 g/mol. The van der Waals surface area contributed by atoms with Gasteiger partial charge in [-0.2, -0.15) is 0 Å². The molecule has 0 aliphatic carbocycles. The molecule has 3 heterocycles. The SMILES string of the molecule is [2H]C([2H])([2H])c1c[n+](C)c(B2C=c3oc4ccccc4c3=CN2C)cc1C. The highest BCUT2D eigenvalue weighted by molar-refractivity contribution is 6.82. The van der Waals surface area contributed by atoms with Crippen molar-refractivity contribution in [3.05, 3.63) is 58.3 Å². The molecule has 0 bridgehead atoms. The first-order chi connectivity index (χ1) is 12.3. The van der Waals surface area contributed by atoms with Crippen LogP contribution < -0.4 is 20.8 Å². The molecule has 23 heavy (non-hydrogen) atoms. The van der Waals surface area contributed by atoms with Crippen LogP contribution in [0, 0.1) is 13.8 Å². The molecule has 0 saturated carbocycles. The zero-order valence-electron chi connectivity index (χ0n) is 16.5. The maximum atomic E-state index is 7.70. The van der Waals surface area contributed by atoms with E-state index in [1.54, 1.807) is 6.20 Å². The summed E-state index contributed by atoms with van der Waals surface area (Å²) in [6, 6.07) is 9.97. The van der Waals surface area contributed by atoms with Gasteiger partial charge in [0, 0.05) is 26.3 Å². The van der Waals surface area contributed by atoms with E-state index in [-0.39, 0.29) is 6.85 Å². The molecule has 0 spiro atoms. The zero-order valence-corrected chi connectivity index (χ0v) is 13.5. The standard InChI is InChI=1S/C19H20BN2O/c1-13-9-19(21(3)11-14(13)2)20-10-18-16(12-22(20)4)15-7-5-6-8-17(15)23-18/h5-12H,1-4H3/q+1/i2D3. The van der Waals surface area contributed by atoms with Gasteiger partial charge in [0.2, 0.25) is 0 Å². The minimum atomic E-state index is -2.11. The summed E-state index contributed by atoms with van der Waals surface area (Å²) in [5.74, 6) is 2.10. The van der Waals surface area contributed by atoms with Gasteiger partial charge < -0.3 is 9.23 Å². The van der Waals surface area contributed by atoms with Crippen LogP contribution in [0.4, 0.5) is 0 Å². The van der Waals surface area contributed by atoms with E-state index >= 15 is 0 Å². The van der Waals surface area contributed by atoms with Gasteiger partial charge in [-0.1, -0.05) is 18.2 Å². The highest BCUT2D eigenvalue weighted by atomic mass is 16.3. The Labute approximate surface area is 140 Å². The van der Waals surface area contributed by atoms with Crippen molar-refractivity contribution in [1.82, 2.24) is 4.81 Å². The van der Waals surface area contributed by atoms with Gasteiger partial charge in [-0.3, -0.25) is 0 Å². The van der Waals surface area contributed by atoms with Crippen LogP contribution in [0.15, 0.2) is 40.9 Å². The fraction of sp³-hybridized carbons (Fsp3) is 0.211. The topological polar surface area (TPSA) is 20.3 Å². The second-order valence-corrected chi connectivity index (χ2v) is 6.19. The van der Waals surface area contributed by atoms with Crippen LogP contribution in [0.2, 0.25) is 0 Å². The molecule has 0 saturated heterocycles. The Morgan fingerprint density at radius 2 is 2.09 bits per heavy atom. The Morgan fingerprint density at radius 3 is 2.91 bits per heavy atom. The van der Waals surface area contributed by atoms with Crippen LogP contribution in [0.1, 0.15) is 15.2 Å². The maximum Gasteiger partial charge on any atom is 0.399 e. The van der Waals surface area contributed by atoms with E-state index in [4.69, 9.17) is 8.53 Å². The smallest absolute Gasteiger partial charge is 0.399 e. The van der Waals surface area contributed by atoms with Crippen LogP contribution in [0.3, 0.4) is 0 Å². The maximum absolute atomic E-state index is 7.70. The molecule has 4 heteroatoms. The van der Waals surface area contributed by atoms with Gasteiger partial charge in [-0.05, 0) is 44.6 Å². The monoisotopic (exact) mass is 306 g/mol. The third-order valence-corrected chi connectivity index (χ3v) is 4.57. The Morgan fingerprint density at radius 1 is 1.26 bits per heavy atom. The Kier molecular flexibility index (Phi) is 2.42. The van der Waals surface area contributed by atoms with Gasteiger partial charge in [0.25, 0.3) is 0 Å². The molecule has 0 radical (unpaired) electrons. The Bertz CT molecular complexity index is 1130. The molecule has 1 aliphatic rings. The Hall–Kier alpha value is -2.49. The lowest BCUT2D eigenvalue weighted by Crippen LogP contribution is -2.61. The van der Waals surface area contributed by atoms with Crippen molar-refractivity contribution in [3.63, 3.8) is 0 Å². The summed E-state index contributed by atoms with van der Waals surface area (Å²) in [6.07, 6.45) is 3.81. The van der Waals surface area contributed by atoms with Crippen LogP contribution in [0.5, 0.6) is 0 Å². The second-order valence-electron chi connectivity index (χ2n) is 6.19. The number of para-hydroxylation sites is 1. The first-order valence-electron chi connectivity index (χ1n) is 9.19. The van der Waals surface area contributed by atoms with E-state index < -0.39 is 6.85 Å². The van der Waals surface area contributed by atoms with Gasteiger partial charge >= 0.3 is 6.85 Å². The van der Waals surface area contributed by atoms with Crippen molar-refractivity contribution in [1.29, 1.82) is 0 Å². The molecule has 0 amide bonds. The third kappa shape index (κ3) is 2.17. The molecule has 0 N–H and O–H groups in total. The first kappa shape index (κ1) is 11.1. The Balaban J connectivity index is 1.88. The number of aryl methyl sites for hydroxylation is 3. The van der Waals surface area contributed by atoms with Gasteiger partial charge in [0.05, 0.1) is 0 Å². The molecule has 0 unspecified atom stereocenters. The summed E-state index contributed by atoms with van der Waals surface area (Å²) in [5.41, 5.74) is 3.90. The average Bonchev–Trinajstić information content (AvgIpc) is 2.92. The van der Waals surface area contributed by atoms with Gasteiger partial charge in [-0.25, -0.2) is 4.57 Å². The first-order valence-corrected chi connectivity index (χ1v) is 7.69. The van der Waals surface area contributed by atoms with Crippen LogP contribution in [-0.2, 0) is 7.05 Å². The molecule has 114 valence electrons. The van der Waals surface area contributed by atoms with Gasteiger partial charge in [0.1, 0.15) is 18.0 Å². The summed E-state index contributed by atoms with van der Waals surface area (Å²) >= 11 is 0. The highest BCUT2D eigenvalue weighted by Gasteiger charge is 2.30. The quantitative estimate of drug-likeness (QED) is 0.489. The molecule has 1 aliphatic heterocycles. The van der Waals surface area contributed by atoms with Crippen molar-refractivity contribution < 1.29 is 13.1 Å². The molecule has 3 aromatic rings. The number of fused-ring (bicyclic) bond motifs is 3. The van der Waals surface area contributed by atoms with Crippen LogP contribution >= 0.6 is 0 Å². The van der Waals surface area contributed by atoms with E-state index in [2.05, 4.69) is 23.1 Å². The summed E-state index contributed by atoms with van der Waals surface area (Å²) in [6.45, 7) is -0.289. The fourth-order valence-electron chi connectivity index (χ4n) is 3.25. The summed E-state index contributed by atoms with van der Waals surface area (Å²) in [4.78, 5) is 2.13. The van der Waals surface area contributed by atoms with E-state index in [9.17, 15) is 0 Å². The number of benzene rings is 1. The number of aromatic nitrogens is 1. The normalized spacial score (nSPS) is 16.2. The zero-order chi connectivity index (χ0) is 18.6. The van der Waals surface area contributed by atoms with Crippen molar-refractivity contribution >= 4 is 35.6 Å². The lowest BCUT2D eigenvalue weighted by atomic mass is 9.56. The van der Waals surface area contributed by atoms with Crippen LogP contribution in [0.25, 0.3) is 23.1 Å². The number of furan rings is 1. The highest BCUT2D eigenvalue weighted by Crippen LogP contribution is 2.10. The lowest BCUT2D eigenvalue weighted by Gasteiger charge is -2.21. The predicted octanol–water partition coefficient (Wildman–Crippen LogP) is 0.776. The predicted molar refractivity (Wildman–Crippen MR) is 94.6 cm³/mol. The summed E-state index contributed by atoms with van der Waals surface area (Å²) in [7, 11) is 3.92. The number of nitrogens with zero attached hydrogens (tertiary/aromatic N) is 2. The molecular weight excluding hydrogens is 283 g/mol. The summed E-state index contributed by atoms with van der Waals surface area (Å²) in [5, 5.41) is 2.18. The summed E-state index contributed by atoms with van der Waals surface area (Å²) < 4.78 is 31.0. The third-order valence-electron chi connectivity index (χ3n) is 4.57. The number of rotatable bonds is 1. The lowest BCUT2D eigenvalue weighted by molar-refractivity contribution is -0.654. The minimum absolute atomic E-state index is 0.0302. The van der Waals surface area contributed by atoms with E-state index in [0.29, 0.717) is 5.56 Å². The van der Waals surface area contributed by atoms with Crippen molar-refractivity contribution in [3.8, 4) is 0 Å². The van der Waals surface area contributed by atoms with Crippen molar-refractivity contribution in [2.45, 2.75) is 13.8 Å². The molecule has 1 aromatic carbocycles. The van der Waals surface area contributed by atoms with Gasteiger partial charge in [0.15, 0.2) is 11.8 Å². The molecule has 2 aromatic heterocycles. The molecule has 3 nitrogen and oxygen atoms in total. The number of pyridine rings is 1. The van der Waals surface area contributed by atoms with E-state index in [1.807, 2.05) is 49.9 Å². The van der Waals surface area contributed by atoms with Crippen molar-refractivity contribution in [2.75, 3.05) is 7.05 Å². The minimum Gasteiger partial charge on any atom is -0.457 e.